The first-order chi connectivity index (χ1) is 4.91. The third kappa shape index (κ3) is 13.7. The second-order valence-corrected chi connectivity index (χ2v) is 2.91. The molecule has 0 bridgehead atoms. The minimum atomic E-state index is 0. The summed E-state index contributed by atoms with van der Waals surface area (Å²) in [5, 5.41) is 0. The van der Waals surface area contributed by atoms with Crippen molar-refractivity contribution in [3.8, 4) is 0 Å². The summed E-state index contributed by atoms with van der Waals surface area (Å²) in [6, 6.07) is 0. The number of hydrogen-bond acceptors (Lipinski definition) is 1. The molecular weight excluding hydrogens is 230 g/mol. The molecule has 73 valence electrons. The van der Waals surface area contributed by atoms with E-state index in [4.69, 9.17) is 5.73 Å². The van der Waals surface area contributed by atoms with E-state index in [0.29, 0.717) is 0 Å². The van der Waals surface area contributed by atoms with E-state index in [1.54, 1.807) is 0 Å². The van der Waals surface area contributed by atoms with E-state index in [-0.39, 0.29) is 22.4 Å². The summed E-state index contributed by atoms with van der Waals surface area (Å²) in [5.41, 5.74) is 5.37. The van der Waals surface area contributed by atoms with Crippen molar-refractivity contribution in [3.05, 3.63) is 0 Å². The Morgan fingerprint density at radius 1 is 0.818 bits per heavy atom. The third-order valence-electron chi connectivity index (χ3n) is 1.81. The van der Waals surface area contributed by atoms with Crippen molar-refractivity contribution >= 4 is 0 Å². The Kier molecular flexibility index (Phi) is 17.2. The normalized spacial score (nSPS) is 9.27. The van der Waals surface area contributed by atoms with E-state index in [2.05, 4.69) is 6.92 Å². The summed E-state index contributed by atoms with van der Waals surface area (Å²) in [4.78, 5) is 0. The molecule has 2 N–H and O–H groups in total. The molecule has 0 atom stereocenters. The number of rotatable bonds is 7. The average molecular weight is 251 g/mol. The fourth-order valence-corrected chi connectivity index (χ4v) is 1.10. The van der Waals surface area contributed by atoms with Crippen LogP contribution in [-0.2, 0) is 22.4 Å². The SMILES string of the molecule is CCCCCCCCCN.[Ag]. The molecule has 0 unspecified atom stereocenters. The van der Waals surface area contributed by atoms with E-state index < -0.39 is 0 Å². The zero-order valence-electron chi connectivity index (χ0n) is 7.54. The third-order valence-corrected chi connectivity index (χ3v) is 1.81. The molecule has 1 nitrogen and oxygen atoms in total. The topological polar surface area (TPSA) is 26.0 Å². The molecule has 2 heteroatoms. The summed E-state index contributed by atoms with van der Waals surface area (Å²) >= 11 is 0. The fraction of sp³-hybridized carbons (Fsp3) is 1.00. The molecule has 0 aliphatic carbocycles. The minimum absolute atomic E-state index is 0. The molecule has 0 spiro atoms. The predicted octanol–water partition coefficient (Wildman–Crippen LogP) is 2.69. The Bertz CT molecular complexity index is 49.5. The minimum Gasteiger partial charge on any atom is -0.330 e. The first-order valence-corrected chi connectivity index (χ1v) is 4.62. The molecule has 0 aliphatic rings. The monoisotopic (exact) mass is 250 g/mol. The van der Waals surface area contributed by atoms with Gasteiger partial charge >= 0.3 is 0 Å². The Morgan fingerprint density at radius 3 is 1.73 bits per heavy atom. The molecule has 0 heterocycles. The van der Waals surface area contributed by atoms with E-state index in [0.717, 1.165) is 6.54 Å². The quantitative estimate of drug-likeness (QED) is 0.546. The second-order valence-electron chi connectivity index (χ2n) is 2.91. The molecule has 0 aromatic rings. The zero-order chi connectivity index (χ0) is 7.66. The van der Waals surface area contributed by atoms with Crippen molar-refractivity contribution in [2.45, 2.75) is 51.9 Å². The van der Waals surface area contributed by atoms with Gasteiger partial charge in [0.25, 0.3) is 0 Å². The summed E-state index contributed by atoms with van der Waals surface area (Å²) < 4.78 is 0. The van der Waals surface area contributed by atoms with Crippen LogP contribution >= 0.6 is 0 Å². The van der Waals surface area contributed by atoms with Crippen LogP contribution in [0.2, 0.25) is 0 Å². The molecule has 0 aromatic heterocycles. The van der Waals surface area contributed by atoms with Gasteiger partial charge in [0.2, 0.25) is 0 Å². The first-order valence-electron chi connectivity index (χ1n) is 4.62. The Hall–Kier alpha value is 0.700. The van der Waals surface area contributed by atoms with Crippen molar-refractivity contribution < 1.29 is 22.4 Å². The van der Waals surface area contributed by atoms with Crippen molar-refractivity contribution in [2.75, 3.05) is 6.54 Å². The van der Waals surface area contributed by atoms with Crippen LogP contribution in [0.4, 0.5) is 0 Å². The molecule has 0 amide bonds. The van der Waals surface area contributed by atoms with Gasteiger partial charge in [-0.25, -0.2) is 0 Å². The molecule has 0 aliphatic heterocycles. The average Bonchev–Trinajstić information content (AvgIpc) is 1.97. The van der Waals surface area contributed by atoms with Crippen LogP contribution in [0.3, 0.4) is 0 Å². The maximum Gasteiger partial charge on any atom is 0 e. The van der Waals surface area contributed by atoms with Crippen molar-refractivity contribution in [1.82, 2.24) is 0 Å². The summed E-state index contributed by atoms with van der Waals surface area (Å²) in [5.74, 6) is 0. The maximum absolute atomic E-state index is 5.37. The molecular formula is C9H21AgN. The smallest absolute Gasteiger partial charge is 0 e. The second kappa shape index (κ2) is 13.3. The van der Waals surface area contributed by atoms with Crippen LogP contribution in [0.1, 0.15) is 51.9 Å². The molecule has 0 rings (SSSR count). The van der Waals surface area contributed by atoms with Gasteiger partial charge in [-0.05, 0) is 13.0 Å². The van der Waals surface area contributed by atoms with Gasteiger partial charge < -0.3 is 5.73 Å². The predicted molar refractivity (Wildman–Crippen MR) is 47.0 cm³/mol. The standard InChI is InChI=1S/C9H21N.Ag/c1-2-3-4-5-6-7-8-9-10;/h2-10H2,1H3;. The number of nitrogens with two attached hydrogens (primary N) is 1. The Morgan fingerprint density at radius 2 is 1.27 bits per heavy atom. The summed E-state index contributed by atoms with van der Waals surface area (Å²) in [6.45, 7) is 3.12. The maximum atomic E-state index is 5.37. The van der Waals surface area contributed by atoms with E-state index in [1.807, 2.05) is 0 Å². The van der Waals surface area contributed by atoms with Gasteiger partial charge in [0.15, 0.2) is 0 Å². The van der Waals surface area contributed by atoms with Gasteiger partial charge in [-0.2, -0.15) is 0 Å². The van der Waals surface area contributed by atoms with Crippen LogP contribution in [0.15, 0.2) is 0 Å². The summed E-state index contributed by atoms with van der Waals surface area (Å²) in [6.07, 6.45) is 9.51. The Labute approximate surface area is 86.6 Å². The van der Waals surface area contributed by atoms with Crippen LogP contribution in [0.25, 0.3) is 0 Å². The number of hydrogen-bond donors (Lipinski definition) is 1. The van der Waals surface area contributed by atoms with E-state index in [1.165, 1.54) is 44.9 Å². The van der Waals surface area contributed by atoms with Gasteiger partial charge in [0, 0.05) is 22.4 Å². The van der Waals surface area contributed by atoms with Gasteiger partial charge in [0.05, 0.1) is 0 Å². The molecule has 0 fully saturated rings. The van der Waals surface area contributed by atoms with Crippen LogP contribution in [0, 0.1) is 0 Å². The molecule has 0 saturated heterocycles. The van der Waals surface area contributed by atoms with Gasteiger partial charge in [-0.15, -0.1) is 0 Å². The van der Waals surface area contributed by atoms with E-state index >= 15 is 0 Å². The fourth-order valence-electron chi connectivity index (χ4n) is 1.10. The van der Waals surface area contributed by atoms with Gasteiger partial charge in [-0.1, -0.05) is 45.4 Å². The van der Waals surface area contributed by atoms with Crippen molar-refractivity contribution in [3.63, 3.8) is 0 Å². The largest absolute Gasteiger partial charge is 0.330 e. The van der Waals surface area contributed by atoms with Gasteiger partial charge in [0.1, 0.15) is 0 Å². The van der Waals surface area contributed by atoms with E-state index in [9.17, 15) is 0 Å². The summed E-state index contributed by atoms with van der Waals surface area (Å²) in [7, 11) is 0. The molecule has 1 radical (unpaired) electrons. The molecule has 0 aromatic carbocycles. The first kappa shape index (κ1) is 14.2. The molecule has 11 heavy (non-hydrogen) atoms. The number of unbranched alkanes of at least 4 members (excludes halogenated alkanes) is 6. The molecule has 0 saturated carbocycles. The van der Waals surface area contributed by atoms with Gasteiger partial charge in [-0.3, -0.25) is 0 Å². The van der Waals surface area contributed by atoms with Crippen LogP contribution < -0.4 is 5.73 Å². The Balaban J connectivity index is 0. The zero-order valence-corrected chi connectivity index (χ0v) is 9.02. The van der Waals surface area contributed by atoms with Crippen LogP contribution in [0.5, 0.6) is 0 Å². The van der Waals surface area contributed by atoms with Crippen molar-refractivity contribution in [2.24, 2.45) is 5.73 Å². The van der Waals surface area contributed by atoms with Crippen LogP contribution in [-0.4, -0.2) is 6.54 Å². The van der Waals surface area contributed by atoms with Crippen molar-refractivity contribution in [1.29, 1.82) is 0 Å².